The number of likely N-dealkylation sites (tertiary alicyclic amines) is 1. The van der Waals surface area contributed by atoms with E-state index in [4.69, 9.17) is 27.9 Å². The number of carbonyl (C=O) groups is 3. The highest BCUT2D eigenvalue weighted by molar-refractivity contribution is 6.35. The molecule has 9 heteroatoms. The average Bonchev–Trinajstić information content (AvgIpc) is 3.23. The number of hydrogen-bond acceptors (Lipinski definition) is 5. The molecule has 1 N–H and O–H groups in total. The van der Waals surface area contributed by atoms with Gasteiger partial charge in [0.05, 0.1) is 11.1 Å². The smallest absolute Gasteiger partial charge is 0.261 e. The number of nitrogens with one attached hydrogen (secondary N) is 1. The van der Waals surface area contributed by atoms with Crippen LogP contribution in [0.4, 0.5) is 0 Å². The number of benzene rings is 1. The number of nitriles is 1. The molecule has 3 aliphatic rings. The molecule has 1 spiro atoms. The van der Waals surface area contributed by atoms with Crippen molar-refractivity contribution in [3.63, 3.8) is 0 Å². The topological polar surface area (TPSA) is 99.5 Å². The van der Waals surface area contributed by atoms with E-state index in [1.807, 2.05) is 0 Å². The molecule has 38 heavy (non-hydrogen) atoms. The molecule has 206 valence electrons. The quantitative estimate of drug-likeness (QED) is 0.459. The second-order valence-electron chi connectivity index (χ2n) is 12.1. The summed E-state index contributed by atoms with van der Waals surface area (Å²) >= 11 is 12.1. The third-order valence-electron chi connectivity index (χ3n) is 8.56. The van der Waals surface area contributed by atoms with Crippen LogP contribution in [0.1, 0.15) is 78.1 Å². The highest BCUT2D eigenvalue weighted by Gasteiger charge is 2.49. The summed E-state index contributed by atoms with van der Waals surface area (Å²) in [7, 11) is 0. The lowest BCUT2D eigenvalue weighted by atomic mass is 9.71. The maximum atomic E-state index is 13.5. The predicted octanol–water partition coefficient (Wildman–Crippen LogP) is 5.72. The highest BCUT2D eigenvalue weighted by Crippen LogP contribution is 2.46. The molecular weight excluding hydrogens is 525 g/mol. The first-order valence-corrected chi connectivity index (χ1v) is 14.4. The van der Waals surface area contributed by atoms with Gasteiger partial charge in [0.15, 0.2) is 6.61 Å². The third kappa shape index (κ3) is 6.82. The van der Waals surface area contributed by atoms with Crippen LogP contribution in [0.15, 0.2) is 18.2 Å². The summed E-state index contributed by atoms with van der Waals surface area (Å²) in [5.74, 6) is -0.344. The van der Waals surface area contributed by atoms with Crippen molar-refractivity contribution >= 4 is 40.8 Å². The second-order valence-corrected chi connectivity index (χ2v) is 13.0. The van der Waals surface area contributed by atoms with Crippen LogP contribution in [-0.2, 0) is 14.4 Å². The minimum absolute atomic E-state index is 0.0176. The molecule has 1 heterocycles. The van der Waals surface area contributed by atoms with E-state index in [2.05, 4.69) is 25.2 Å². The average molecular weight is 563 g/mol. The molecule has 0 unspecified atom stereocenters. The number of nitrogens with zero attached hydrogens (tertiary/aromatic N) is 2. The molecule has 1 aromatic rings. The molecule has 1 aromatic carbocycles. The minimum Gasteiger partial charge on any atom is -0.482 e. The van der Waals surface area contributed by atoms with Crippen LogP contribution in [0.5, 0.6) is 5.75 Å². The zero-order valence-electron chi connectivity index (χ0n) is 22.2. The van der Waals surface area contributed by atoms with Crippen LogP contribution in [0.2, 0.25) is 10.0 Å². The van der Waals surface area contributed by atoms with E-state index in [9.17, 15) is 19.6 Å². The summed E-state index contributed by atoms with van der Waals surface area (Å²) in [6, 6.07) is 5.52. The molecule has 2 aliphatic carbocycles. The van der Waals surface area contributed by atoms with Gasteiger partial charge in [-0.3, -0.25) is 14.4 Å². The SMILES string of the molecule is CC1(C)CC[C@@H](C[C@@H](C#N)NC(=O)[C@@H]2CC3(CCCCC3)CN2C(=O)COc2ccc(Cl)cc2Cl)C(=O)C1. The standard InChI is InChI=1S/C29H37Cl2N3O4/c1-28(2)11-8-19(24(35)15-28)12-21(16-32)33-27(37)23-14-29(9-4-3-5-10-29)18-34(23)26(36)17-38-25-7-6-20(30)13-22(25)31/h6-7,13,19,21,23H,3-5,8-12,14-15,17-18H2,1-2H3,(H,33,37)/t19-,21-,23-/m0/s1. The fourth-order valence-corrected chi connectivity index (χ4v) is 6.87. The van der Waals surface area contributed by atoms with Gasteiger partial charge in [-0.1, -0.05) is 56.3 Å². The van der Waals surface area contributed by atoms with Gasteiger partial charge in [-0.15, -0.1) is 0 Å². The first-order valence-electron chi connectivity index (χ1n) is 13.6. The number of ether oxygens (including phenoxy) is 1. The van der Waals surface area contributed by atoms with E-state index < -0.39 is 12.1 Å². The molecule has 0 aromatic heterocycles. The molecule has 0 bridgehead atoms. The summed E-state index contributed by atoms with van der Waals surface area (Å²) in [5, 5.41) is 13.5. The van der Waals surface area contributed by atoms with Crippen LogP contribution in [0.3, 0.4) is 0 Å². The van der Waals surface area contributed by atoms with Crippen molar-refractivity contribution in [3.05, 3.63) is 28.2 Å². The number of ketones is 1. The predicted molar refractivity (Wildman–Crippen MR) is 146 cm³/mol. The van der Waals surface area contributed by atoms with Crippen molar-refractivity contribution in [2.75, 3.05) is 13.2 Å². The van der Waals surface area contributed by atoms with E-state index in [-0.39, 0.29) is 41.0 Å². The fourth-order valence-electron chi connectivity index (χ4n) is 6.41. The van der Waals surface area contributed by atoms with Crippen LogP contribution in [0.25, 0.3) is 0 Å². The lowest BCUT2D eigenvalue weighted by Crippen LogP contribution is -2.50. The van der Waals surface area contributed by atoms with E-state index in [0.717, 1.165) is 44.9 Å². The molecule has 7 nitrogen and oxygen atoms in total. The van der Waals surface area contributed by atoms with Gasteiger partial charge in [0, 0.05) is 23.9 Å². The van der Waals surface area contributed by atoms with Crippen molar-refractivity contribution in [3.8, 4) is 11.8 Å². The summed E-state index contributed by atoms with van der Waals surface area (Å²) < 4.78 is 5.70. The van der Waals surface area contributed by atoms with E-state index in [1.54, 1.807) is 23.1 Å². The first kappa shape index (κ1) is 28.7. The van der Waals surface area contributed by atoms with Gasteiger partial charge in [-0.05, 0) is 67.6 Å². The third-order valence-corrected chi connectivity index (χ3v) is 9.09. The van der Waals surface area contributed by atoms with Gasteiger partial charge in [-0.2, -0.15) is 5.26 Å². The van der Waals surface area contributed by atoms with Gasteiger partial charge >= 0.3 is 0 Å². The Balaban J connectivity index is 1.43. The Morgan fingerprint density at radius 2 is 1.95 bits per heavy atom. The lowest BCUT2D eigenvalue weighted by molar-refractivity contribution is -0.140. The van der Waals surface area contributed by atoms with Crippen molar-refractivity contribution < 1.29 is 19.1 Å². The first-order chi connectivity index (χ1) is 18.0. The maximum absolute atomic E-state index is 13.5. The Labute approximate surface area is 235 Å². The Hall–Kier alpha value is -2.30. The Kier molecular flexibility index (Phi) is 8.94. The highest BCUT2D eigenvalue weighted by atomic mass is 35.5. The summed E-state index contributed by atoms with van der Waals surface area (Å²) in [6.45, 7) is 4.41. The van der Waals surface area contributed by atoms with Gasteiger partial charge in [0.1, 0.15) is 23.6 Å². The van der Waals surface area contributed by atoms with Crippen molar-refractivity contribution in [2.45, 2.75) is 90.1 Å². The Morgan fingerprint density at radius 1 is 1.21 bits per heavy atom. The van der Waals surface area contributed by atoms with Gasteiger partial charge in [0.25, 0.3) is 5.91 Å². The number of halogens is 2. The second kappa shape index (κ2) is 11.8. The summed E-state index contributed by atoms with van der Waals surface area (Å²) in [6.07, 6.45) is 8.27. The minimum atomic E-state index is -0.776. The monoisotopic (exact) mass is 561 g/mol. The molecular formula is C29H37Cl2N3O4. The van der Waals surface area contributed by atoms with Crippen LogP contribution >= 0.6 is 23.2 Å². The van der Waals surface area contributed by atoms with Crippen molar-refractivity contribution in [1.82, 2.24) is 10.2 Å². The number of rotatable bonds is 7. The molecule has 0 radical (unpaired) electrons. The van der Waals surface area contributed by atoms with Gasteiger partial charge in [-0.25, -0.2) is 0 Å². The van der Waals surface area contributed by atoms with Crippen LogP contribution in [-0.4, -0.2) is 47.7 Å². The molecule has 2 amide bonds. The maximum Gasteiger partial charge on any atom is 0.261 e. The molecule has 3 atom stereocenters. The van der Waals surface area contributed by atoms with E-state index in [1.165, 1.54) is 0 Å². The van der Waals surface area contributed by atoms with Crippen LogP contribution in [0, 0.1) is 28.1 Å². The molecule has 4 rings (SSSR count). The molecule has 3 fully saturated rings. The Bertz CT molecular complexity index is 1110. The van der Waals surface area contributed by atoms with Crippen molar-refractivity contribution in [1.29, 1.82) is 5.26 Å². The summed E-state index contributed by atoms with van der Waals surface area (Å²) in [5.41, 5.74) is -0.114. The van der Waals surface area contributed by atoms with Crippen LogP contribution < -0.4 is 10.1 Å². The number of amides is 2. The number of hydrogen-bond donors (Lipinski definition) is 1. The molecule has 1 saturated heterocycles. The largest absolute Gasteiger partial charge is 0.482 e. The Morgan fingerprint density at radius 3 is 2.61 bits per heavy atom. The molecule has 2 saturated carbocycles. The van der Waals surface area contributed by atoms with E-state index >= 15 is 0 Å². The van der Waals surface area contributed by atoms with Gasteiger partial charge in [0.2, 0.25) is 5.91 Å². The number of carbonyl (C=O) groups excluding carboxylic acids is 3. The van der Waals surface area contributed by atoms with Crippen molar-refractivity contribution in [2.24, 2.45) is 16.7 Å². The normalized spacial score (nSPS) is 25.0. The fraction of sp³-hybridized carbons (Fsp3) is 0.655. The number of Topliss-reactive ketones (excluding diaryl/α,β-unsaturated/α-hetero) is 1. The summed E-state index contributed by atoms with van der Waals surface area (Å²) in [4.78, 5) is 41.2. The lowest BCUT2D eigenvalue weighted by Gasteiger charge is -2.34. The van der Waals surface area contributed by atoms with Gasteiger partial charge < -0.3 is 15.0 Å². The van der Waals surface area contributed by atoms with E-state index in [0.29, 0.717) is 41.6 Å². The molecule has 1 aliphatic heterocycles. The zero-order valence-corrected chi connectivity index (χ0v) is 23.7. The zero-order chi connectivity index (χ0) is 27.5.